The van der Waals surface area contributed by atoms with E-state index in [1.165, 1.54) is 18.3 Å². The number of carbonyl (C=O) groups is 2. The van der Waals surface area contributed by atoms with Crippen LogP contribution in [-0.4, -0.2) is 28.8 Å². The third kappa shape index (κ3) is 3.91. The maximum absolute atomic E-state index is 13.1. The van der Waals surface area contributed by atoms with Crippen molar-refractivity contribution in [2.45, 2.75) is 32.4 Å². The number of ether oxygens (including phenoxy) is 1. The van der Waals surface area contributed by atoms with Gasteiger partial charge in [-0.05, 0) is 41.3 Å². The molecule has 1 unspecified atom stereocenters. The van der Waals surface area contributed by atoms with Crippen molar-refractivity contribution in [3.05, 3.63) is 95.0 Å². The van der Waals surface area contributed by atoms with Crippen molar-refractivity contribution in [1.29, 1.82) is 0 Å². The van der Waals surface area contributed by atoms with Crippen LogP contribution in [0, 0.1) is 0 Å². The molecule has 2 heterocycles. The number of ketones is 1. The normalized spacial score (nSPS) is 17.9. The molecule has 0 radical (unpaired) electrons. The van der Waals surface area contributed by atoms with Gasteiger partial charge in [0.2, 0.25) is 0 Å². The minimum atomic E-state index is -0.743. The molecule has 1 amide bonds. The van der Waals surface area contributed by atoms with E-state index in [0.717, 1.165) is 11.1 Å². The number of nitrogens with zero attached hydrogens (tertiary/aromatic N) is 1. The molecule has 1 saturated heterocycles. The summed E-state index contributed by atoms with van der Waals surface area (Å²) in [5.74, 6) is -0.204. The SMILES string of the molecule is COc1cccc(C(O)=C2C(=O)C(=O)N(Cc3ccco3)C2c2ccc(C(C)C)cc2)c1. The highest BCUT2D eigenvalue weighted by Crippen LogP contribution is 2.41. The number of aliphatic hydroxyl groups is 1. The molecule has 1 aromatic heterocycles. The third-order valence-electron chi connectivity index (χ3n) is 5.71. The van der Waals surface area contributed by atoms with E-state index in [1.807, 2.05) is 24.3 Å². The molecular weight excluding hydrogens is 406 g/mol. The van der Waals surface area contributed by atoms with Crippen LogP contribution in [0.1, 0.15) is 48.3 Å². The molecule has 1 N–H and O–H groups in total. The van der Waals surface area contributed by atoms with Crippen molar-refractivity contribution >= 4 is 17.4 Å². The fourth-order valence-corrected chi connectivity index (χ4v) is 3.95. The van der Waals surface area contributed by atoms with Crippen molar-refractivity contribution < 1.29 is 23.8 Å². The molecule has 0 spiro atoms. The molecule has 3 aromatic rings. The van der Waals surface area contributed by atoms with E-state index in [4.69, 9.17) is 9.15 Å². The van der Waals surface area contributed by atoms with Gasteiger partial charge in [-0.15, -0.1) is 0 Å². The number of likely N-dealkylation sites (tertiary alicyclic amines) is 1. The Morgan fingerprint density at radius 2 is 1.84 bits per heavy atom. The van der Waals surface area contributed by atoms with Gasteiger partial charge in [0.15, 0.2) is 0 Å². The maximum Gasteiger partial charge on any atom is 0.296 e. The van der Waals surface area contributed by atoms with Gasteiger partial charge in [-0.3, -0.25) is 9.59 Å². The van der Waals surface area contributed by atoms with E-state index in [-0.39, 0.29) is 17.9 Å². The number of benzene rings is 2. The van der Waals surface area contributed by atoms with Crippen LogP contribution in [0.25, 0.3) is 5.76 Å². The predicted molar refractivity (Wildman–Crippen MR) is 120 cm³/mol. The second kappa shape index (κ2) is 8.75. The topological polar surface area (TPSA) is 80.0 Å². The molecule has 32 heavy (non-hydrogen) atoms. The van der Waals surface area contributed by atoms with Crippen LogP contribution in [0.4, 0.5) is 0 Å². The van der Waals surface area contributed by atoms with Gasteiger partial charge in [-0.2, -0.15) is 0 Å². The third-order valence-corrected chi connectivity index (χ3v) is 5.71. The number of Topliss-reactive ketones (excluding diaryl/α,β-unsaturated/α-hetero) is 1. The van der Waals surface area contributed by atoms with Crippen molar-refractivity contribution in [3.63, 3.8) is 0 Å². The first-order chi connectivity index (χ1) is 15.4. The zero-order chi connectivity index (χ0) is 22.8. The largest absolute Gasteiger partial charge is 0.507 e. The number of aliphatic hydroxyl groups excluding tert-OH is 1. The molecular formula is C26H25NO5. The van der Waals surface area contributed by atoms with Gasteiger partial charge in [-0.1, -0.05) is 50.2 Å². The van der Waals surface area contributed by atoms with Gasteiger partial charge in [0.05, 0.1) is 31.5 Å². The van der Waals surface area contributed by atoms with E-state index < -0.39 is 17.7 Å². The van der Waals surface area contributed by atoms with Crippen molar-refractivity contribution in [3.8, 4) is 5.75 Å². The number of furan rings is 1. The number of methoxy groups -OCH3 is 1. The maximum atomic E-state index is 13.1. The molecule has 1 aliphatic heterocycles. The highest BCUT2D eigenvalue weighted by Gasteiger charge is 2.46. The van der Waals surface area contributed by atoms with Crippen molar-refractivity contribution in [1.82, 2.24) is 4.90 Å². The molecule has 1 fully saturated rings. The van der Waals surface area contributed by atoms with Gasteiger partial charge in [0, 0.05) is 5.56 Å². The van der Waals surface area contributed by atoms with Gasteiger partial charge in [0.25, 0.3) is 11.7 Å². The van der Waals surface area contributed by atoms with Crippen LogP contribution in [-0.2, 0) is 16.1 Å². The Balaban J connectivity index is 1.85. The van der Waals surface area contributed by atoms with E-state index in [0.29, 0.717) is 23.0 Å². The summed E-state index contributed by atoms with van der Waals surface area (Å²) in [4.78, 5) is 27.6. The number of hydrogen-bond donors (Lipinski definition) is 1. The van der Waals surface area contributed by atoms with Crippen LogP contribution < -0.4 is 4.74 Å². The minimum Gasteiger partial charge on any atom is -0.507 e. The Kier molecular flexibility index (Phi) is 5.86. The zero-order valence-electron chi connectivity index (χ0n) is 18.2. The Hall–Kier alpha value is -3.80. The molecule has 6 nitrogen and oxygen atoms in total. The Bertz CT molecular complexity index is 1160. The lowest BCUT2D eigenvalue weighted by molar-refractivity contribution is -0.140. The van der Waals surface area contributed by atoms with Crippen molar-refractivity contribution in [2.24, 2.45) is 0 Å². The van der Waals surface area contributed by atoms with Crippen LogP contribution in [0.15, 0.2) is 76.9 Å². The Morgan fingerprint density at radius 1 is 1.09 bits per heavy atom. The molecule has 4 rings (SSSR count). The number of hydrogen-bond acceptors (Lipinski definition) is 5. The number of rotatable bonds is 6. The van der Waals surface area contributed by atoms with E-state index in [9.17, 15) is 14.7 Å². The molecule has 164 valence electrons. The summed E-state index contributed by atoms with van der Waals surface area (Å²) in [6.45, 7) is 4.31. The second-order valence-electron chi connectivity index (χ2n) is 8.06. The average Bonchev–Trinajstić information content (AvgIpc) is 3.41. The minimum absolute atomic E-state index is 0.0482. The first-order valence-electron chi connectivity index (χ1n) is 10.5. The molecule has 6 heteroatoms. The van der Waals surface area contributed by atoms with Gasteiger partial charge in [-0.25, -0.2) is 0 Å². The standard InChI is InChI=1S/C26H25NO5/c1-16(2)17-9-11-18(12-10-17)23-22(24(28)19-6-4-7-20(14-19)31-3)25(29)26(30)27(23)15-21-8-5-13-32-21/h4-14,16,23,28H,15H2,1-3H3. The first-order valence-corrected chi connectivity index (χ1v) is 10.5. The summed E-state index contributed by atoms with van der Waals surface area (Å²) in [6, 6.07) is 17.3. The number of amides is 1. The summed E-state index contributed by atoms with van der Waals surface area (Å²) in [5.41, 5.74) is 2.34. The van der Waals surface area contributed by atoms with Crippen LogP contribution >= 0.6 is 0 Å². The Labute approximate surface area is 186 Å². The summed E-state index contributed by atoms with van der Waals surface area (Å²) in [5, 5.41) is 11.1. The van der Waals surface area contributed by atoms with E-state index in [2.05, 4.69) is 13.8 Å². The highest BCUT2D eigenvalue weighted by atomic mass is 16.5. The average molecular weight is 431 g/mol. The van der Waals surface area contributed by atoms with E-state index in [1.54, 1.807) is 36.4 Å². The summed E-state index contributed by atoms with van der Waals surface area (Å²) in [6.07, 6.45) is 1.52. The fourth-order valence-electron chi connectivity index (χ4n) is 3.95. The lowest BCUT2D eigenvalue weighted by atomic mass is 9.93. The van der Waals surface area contributed by atoms with Crippen LogP contribution in [0.3, 0.4) is 0 Å². The Morgan fingerprint density at radius 3 is 2.47 bits per heavy atom. The second-order valence-corrected chi connectivity index (χ2v) is 8.06. The van der Waals surface area contributed by atoms with Gasteiger partial charge in [0.1, 0.15) is 17.3 Å². The van der Waals surface area contributed by atoms with Crippen molar-refractivity contribution in [2.75, 3.05) is 7.11 Å². The zero-order valence-corrected chi connectivity index (χ0v) is 18.2. The lowest BCUT2D eigenvalue weighted by Crippen LogP contribution is -2.29. The highest BCUT2D eigenvalue weighted by molar-refractivity contribution is 6.46. The predicted octanol–water partition coefficient (Wildman–Crippen LogP) is 5.03. The summed E-state index contributed by atoms with van der Waals surface area (Å²) < 4.78 is 10.7. The molecule has 0 aliphatic carbocycles. The van der Waals surface area contributed by atoms with E-state index >= 15 is 0 Å². The number of carbonyl (C=O) groups excluding carboxylic acids is 2. The van der Waals surface area contributed by atoms with Gasteiger partial charge < -0.3 is 19.2 Å². The summed E-state index contributed by atoms with van der Waals surface area (Å²) in [7, 11) is 1.53. The fraction of sp³-hybridized carbons (Fsp3) is 0.231. The quantitative estimate of drug-likeness (QED) is 0.336. The monoisotopic (exact) mass is 431 g/mol. The van der Waals surface area contributed by atoms with Gasteiger partial charge >= 0.3 is 0 Å². The van der Waals surface area contributed by atoms with Crippen LogP contribution in [0.2, 0.25) is 0 Å². The smallest absolute Gasteiger partial charge is 0.296 e. The molecule has 1 atom stereocenters. The molecule has 0 saturated carbocycles. The first kappa shape index (κ1) is 21.4. The molecule has 0 bridgehead atoms. The lowest BCUT2D eigenvalue weighted by Gasteiger charge is -2.25. The van der Waals surface area contributed by atoms with Crippen LogP contribution in [0.5, 0.6) is 5.75 Å². The summed E-state index contributed by atoms with van der Waals surface area (Å²) >= 11 is 0. The molecule has 2 aromatic carbocycles. The molecule has 1 aliphatic rings.